The van der Waals surface area contributed by atoms with Crippen LogP contribution in [0.3, 0.4) is 0 Å². The van der Waals surface area contributed by atoms with Crippen LogP contribution in [0.2, 0.25) is 0 Å². The summed E-state index contributed by atoms with van der Waals surface area (Å²) in [5.74, 6) is 1.67. The maximum atomic E-state index is 13.2. The third kappa shape index (κ3) is 3.28. The molecule has 1 saturated carbocycles. The molecule has 0 saturated heterocycles. The summed E-state index contributed by atoms with van der Waals surface area (Å²) in [7, 11) is 0. The number of nitrogens with zero attached hydrogens (tertiary/aromatic N) is 1. The highest BCUT2D eigenvalue weighted by Crippen LogP contribution is 2.51. The first-order valence-electron chi connectivity index (χ1n) is 9.87. The number of hydrogen-bond donors (Lipinski definition) is 1. The van der Waals surface area contributed by atoms with E-state index in [2.05, 4.69) is 0 Å². The Hall–Kier alpha value is -3.18. The lowest BCUT2D eigenvalue weighted by molar-refractivity contribution is -0.120. The van der Waals surface area contributed by atoms with Gasteiger partial charge in [0, 0.05) is 27.1 Å². The van der Waals surface area contributed by atoms with Gasteiger partial charge in [-0.05, 0) is 54.3 Å². The van der Waals surface area contributed by atoms with Crippen molar-refractivity contribution in [2.24, 2.45) is 5.73 Å². The van der Waals surface area contributed by atoms with Crippen molar-refractivity contribution in [1.82, 2.24) is 4.98 Å². The van der Waals surface area contributed by atoms with Gasteiger partial charge in [-0.15, -0.1) is 0 Å². The predicted molar refractivity (Wildman–Crippen MR) is 114 cm³/mol. The Kier molecular flexibility index (Phi) is 4.32. The zero-order valence-corrected chi connectivity index (χ0v) is 16.1. The Morgan fingerprint density at radius 3 is 2.69 bits per heavy atom. The normalized spacial score (nSPS) is 15.9. The molecule has 0 unspecified atom stereocenters. The fourth-order valence-corrected chi connectivity index (χ4v) is 3.98. The van der Waals surface area contributed by atoms with Crippen molar-refractivity contribution in [2.45, 2.75) is 31.2 Å². The number of aromatic nitrogens is 1. The number of Topliss-reactive ketones (excluding diaryl/α,β-unsaturated/α-hetero) is 1. The molecular formula is C24H26N2O3. The van der Waals surface area contributed by atoms with E-state index < -0.39 is 5.41 Å². The van der Waals surface area contributed by atoms with E-state index in [1.807, 2.05) is 60.7 Å². The Bertz CT molecular complexity index is 1100. The highest BCUT2D eigenvalue weighted by Gasteiger charge is 2.50. The number of carbonyl (C=O) groups excluding carboxylic acids is 1. The Morgan fingerprint density at radius 2 is 1.86 bits per heavy atom. The Morgan fingerprint density at radius 1 is 1.03 bits per heavy atom. The first kappa shape index (κ1) is 17.9. The third-order valence-corrected chi connectivity index (χ3v) is 5.82. The molecule has 1 aliphatic carbocycles. The van der Waals surface area contributed by atoms with E-state index in [0.717, 1.165) is 52.4 Å². The maximum absolute atomic E-state index is 13.2. The fraction of sp³-hybridized carbons (Fsp3) is 0.250. The zero-order valence-electron chi connectivity index (χ0n) is 16.1. The lowest BCUT2D eigenvalue weighted by atomic mass is 9.88. The summed E-state index contributed by atoms with van der Waals surface area (Å²) < 4.78 is 10.9. The van der Waals surface area contributed by atoms with Crippen molar-refractivity contribution in [3.05, 3.63) is 77.5 Å². The fourth-order valence-electron chi connectivity index (χ4n) is 3.98. The molecule has 1 aromatic heterocycles. The van der Waals surface area contributed by atoms with Gasteiger partial charge in [0.25, 0.3) is 0 Å². The summed E-state index contributed by atoms with van der Waals surface area (Å²) >= 11 is 0. The monoisotopic (exact) mass is 390 g/mol. The van der Waals surface area contributed by atoms with Gasteiger partial charge in [-0.25, -0.2) is 0 Å². The van der Waals surface area contributed by atoms with Gasteiger partial charge in [0.15, 0.2) is 11.5 Å². The molecule has 0 spiro atoms. The van der Waals surface area contributed by atoms with E-state index in [1.54, 1.807) is 0 Å². The number of hydrogen-bond acceptors (Lipinski definition) is 5. The minimum atomic E-state index is -0.419. The average molecular weight is 390 g/mol. The molecule has 2 heterocycles. The maximum Gasteiger partial charge on any atom is 0.231 e. The molecule has 2 N–H and O–H groups in total. The van der Waals surface area contributed by atoms with Crippen LogP contribution in [0.4, 0.5) is 0 Å². The first-order valence-corrected chi connectivity index (χ1v) is 9.87. The van der Waals surface area contributed by atoms with E-state index >= 15 is 0 Å². The van der Waals surface area contributed by atoms with Gasteiger partial charge >= 0.3 is 0 Å². The summed E-state index contributed by atoms with van der Waals surface area (Å²) in [5, 5.41) is 0. The van der Waals surface area contributed by atoms with Crippen LogP contribution < -0.4 is 15.2 Å². The Labute approximate surface area is 172 Å². The molecule has 5 nitrogen and oxygen atoms in total. The van der Waals surface area contributed by atoms with Gasteiger partial charge in [0.2, 0.25) is 6.79 Å². The van der Waals surface area contributed by atoms with Crippen molar-refractivity contribution < 1.29 is 17.1 Å². The van der Waals surface area contributed by atoms with Gasteiger partial charge < -0.3 is 15.2 Å². The highest BCUT2D eigenvalue weighted by molar-refractivity contribution is 5.94. The van der Waals surface area contributed by atoms with Crippen LogP contribution in [-0.2, 0) is 23.2 Å². The second-order valence-electron chi connectivity index (χ2n) is 7.67. The Balaban J connectivity index is 0.00000136. The van der Waals surface area contributed by atoms with Crippen molar-refractivity contribution in [2.75, 3.05) is 6.79 Å². The van der Waals surface area contributed by atoms with E-state index in [-0.39, 0.29) is 15.4 Å². The molecule has 0 bridgehead atoms. The lowest BCUT2D eigenvalue weighted by Crippen LogP contribution is -2.23. The number of benzene rings is 2. The number of nitrogens with two attached hydrogens (primary N) is 1. The predicted octanol–water partition coefficient (Wildman–Crippen LogP) is 4.27. The molecular weight excluding hydrogens is 364 g/mol. The number of fused-ring (bicyclic) bond motifs is 1. The highest BCUT2D eigenvalue weighted by atomic mass is 16.7. The van der Waals surface area contributed by atoms with Gasteiger partial charge in [-0.1, -0.05) is 30.3 Å². The number of rotatable bonds is 6. The molecule has 1 fully saturated rings. The van der Waals surface area contributed by atoms with Crippen LogP contribution >= 0.6 is 0 Å². The van der Waals surface area contributed by atoms with Crippen LogP contribution in [-0.4, -0.2) is 17.6 Å². The van der Waals surface area contributed by atoms with Crippen LogP contribution in [0.1, 0.15) is 32.5 Å². The lowest BCUT2D eigenvalue weighted by Gasteiger charge is -2.15. The molecule has 0 amide bonds. The van der Waals surface area contributed by atoms with Crippen LogP contribution in [0.15, 0.2) is 60.7 Å². The van der Waals surface area contributed by atoms with Crippen LogP contribution in [0.25, 0.3) is 11.3 Å². The van der Waals surface area contributed by atoms with E-state index in [0.29, 0.717) is 13.0 Å². The van der Waals surface area contributed by atoms with Crippen LogP contribution in [0, 0.1) is 0 Å². The van der Waals surface area contributed by atoms with E-state index in [9.17, 15) is 4.79 Å². The van der Waals surface area contributed by atoms with Crippen molar-refractivity contribution in [3.8, 4) is 22.8 Å². The largest absolute Gasteiger partial charge is 0.454 e. The van der Waals surface area contributed by atoms with Gasteiger partial charge in [0.1, 0.15) is 5.78 Å². The van der Waals surface area contributed by atoms with Crippen molar-refractivity contribution in [1.29, 1.82) is 0 Å². The van der Waals surface area contributed by atoms with Gasteiger partial charge in [0.05, 0.1) is 11.1 Å². The third-order valence-electron chi connectivity index (χ3n) is 5.82. The van der Waals surface area contributed by atoms with Gasteiger partial charge in [-0.2, -0.15) is 0 Å². The minimum Gasteiger partial charge on any atom is -0.454 e. The van der Waals surface area contributed by atoms with Gasteiger partial charge in [-0.3, -0.25) is 9.78 Å². The molecule has 5 heteroatoms. The van der Waals surface area contributed by atoms with Crippen molar-refractivity contribution >= 4 is 5.78 Å². The topological polar surface area (TPSA) is 74.4 Å². The number of pyridine rings is 1. The zero-order chi connectivity index (χ0) is 19.8. The SMILES string of the molecule is NCc1cccc(-c2cccc(CC(=O)C3(c4ccc5c(c4)OCO5)CC3)n2)c1.[HH].[HH]. The molecule has 29 heavy (non-hydrogen) atoms. The smallest absolute Gasteiger partial charge is 0.231 e. The molecule has 2 aliphatic rings. The molecule has 150 valence electrons. The second kappa shape index (κ2) is 7.01. The number of ketones is 1. The summed E-state index contributed by atoms with van der Waals surface area (Å²) in [4.78, 5) is 18.0. The minimum absolute atomic E-state index is 0. The summed E-state index contributed by atoms with van der Waals surface area (Å²) in [6.45, 7) is 0.728. The van der Waals surface area contributed by atoms with Crippen molar-refractivity contribution in [3.63, 3.8) is 0 Å². The first-order chi connectivity index (χ1) is 14.2. The molecule has 0 atom stereocenters. The number of ether oxygens (including phenoxy) is 2. The summed E-state index contributed by atoms with van der Waals surface area (Å²) in [6, 6.07) is 19.7. The molecule has 0 radical (unpaired) electrons. The van der Waals surface area contributed by atoms with Crippen LogP contribution in [0.5, 0.6) is 11.5 Å². The van der Waals surface area contributed by atoms with E-state index in [4.69, 9.17) is 20.2 Å². The average Bonchev–Trinajstić information content (AvgIpc) is 3.45. The molecule has 1 aliphatic heterocycles. The summed E-state index contributed by atoms with van der Waals surface area (Å²) in [6.07, 6.45) is 2.05. The molecule has 3 aromatic rings. The second-order valence-corrected chi connectivity index (χ2v) is 7.67. The molecule has 5 rings (SSSR count). The standard InChI is InChI=1S/C24H22N2O3.2H2/c25-14-16-3-1-4-17(11-16)20-6-2-5-19(26-20)13-23(27)24(9-10-24)18-7-8-21-22(12-18)29-15-28-21;;/h1-8,11-12H,9-10,13-15,25H2;2*1H. The molecule has 2 aromatic carbocycles. The number of carbonyl (C=O) groups is 1. The van der Waals surface area contributed by atoms with E-state index in [1.165, 1.54) is 0 Å². The quantitative estimate of drug-likeness (QED) is 0.680. The summed E-state index contributed by atoms with van der Waals surface area (Å²) in [5.41, 5.74) is 10.1.